The zero-order valence-electron chi connectivity index (χ0n) is 23.3. The number of anilines is 1. The smallest absolute Gasteiger partial charge is 0.274 e. The lowest BCUT2D eigenvalue weighted by molar-refractivity contribution is -0.125. The highest BCUT2D eigenvalue weighted by molar-refractivity contribution is 6.16. The topological polar surface area (TPSA) is 85.2 Å². The second-order valence-electron chi connectivity index (χ2n) is 10.2. The minimum atomic E-state index is -0.362. The predicted octanol–water partition coefficient (Wildman–Crippen LogP) is 5.72. The molecule has 7 heteroatoms. The summed E-state index contributed by atoms with van der Waals surface area (Å²) in [5.41, 5.74) is 4.41. The molecule has 0 aliphatic heterocycles. The van der Waals surface area contributed by atoms with E-state index >= 15 is 0 Å². The van der Waals surface area contributed by atoms with Gasteiger partial charge in [0.15, 0.2) is 5.65 Å². The van der Waals surface area contributed by atoms with E-state index in [1.54, 1.807) is 36.5 Å². The first kappa shape index (κ1) is 27.5. The number of nitrogens with zero attached hydrogens (tertiary/aromatic N) is 4. The number of pyridine rings is 1. The Hall–Kier alpha value is -5.69. The van der Waals surface area contributed by atoms with E-state index in [2.05, 4.69) is 9.97 Å². The zero-order valence-corrected chi connectivity index (χ0v) is 23.3. The highest BCUT2D eigenvalue weighted by Gasteiger charge is 2.25. The van der Waals surface area contributed by atoms with Gasteiger partial charge < -0.3 is 0 Å². The Kier molecular flexibility index (Phi) is 7.95. The molecule has 0 saturated carbocycles. The van der Waals surface area contributed by atoms with Crippen LogP contribution in [0.1, 0.15) is 22.4 Å². The summed E-state index contributed by atoms with van der Waals surface area (Å²) in [5.74, 6) is -0.724. The summed E-state index contributed by atoms with van der Waals surface area (Å²) in [6.45, 7) is 0. The summed E-state index contributed by atoms with van der Waals surface area (Å²) < 4.78 is 1.51. The standard InChI is InChI=1S/C36H28N4O3/c41-33(23-27-14-6-2-7-15-27)39(34(42)24-28-16-8-3-9-17-28)29-18-10-19-30(25-29)40-35-31(20-11-21-37-35)38-32(36(40)43)22-26-12-4-1-5-13-26/h1-21,25H,22-24H2. The van der Waals surface area contributed by atoms with Gasteiger partial charge in [0.05, 0.1) is 24.2 Å². The van der Waals surface area contributed by atoms with Crippen LogP contribution in [0.4, 0.5) is 5.69 Å². The van der Waals surface area contributed by atoms with Gasteiger partial charge in [-0.05, 0) is 47.0 Å². The normalized spacial score (nSPS) is 10.9. The van der Waals surface area contributed by atoms with Crippen LogP contribution in [0.25, 0.3) is 16.9 Å². The average Bonchev–Trinajstić information content (AvgIpc) is 3.03. The lowest BCUT2D eigenvalue weighted by Gasteiger charge is -2.22. The number of amides is 2. The van der Waals surface area contributed by atoms with E-state index in [1.165, 1.54) is 9.47 Å². The Morgan fingerprint density at radius 3 is 1.84 bits per heavy atom. The third-order valence-electron chi connectivity index (χ3n) is 7.14. The molecule has 210 valence electrons. The molecule has 2 aromatic heterocycles. The quantitative estimate of drug-likeness (QED) is 0.236. The number of aromatic nitrogens is 3. The van der Waals surface area contributed by atoms with Gasteiger partial charge in [-0.1, -0.05) is 97.1 Å². The van der Waals surface area contributed by atoms with Gasteiger partial charge in [-0.3, -0.25) is 19.0 Å². The van der Waals surface area contributed by atoms with E-state index in [1.807, 2.05) is 97.1 Å². The largest absolute Gasteiger partial charge is 0.278 e. The van der Waals surface area contributed by atoms with E-state index in [4.69, 9.17) is 0 Å². The monoisotopic (exact) mass is 564 g/mol. The molecule has 0 aliphatic carbocycles. The van der Waals surface area contributed by atoms with E-state index < -0.39 is 0 Å². The van der Waals surface area contributed by atoms with Gasteiger partial charge in [-0.25, -0.2) is 14.9 Å². The molecule has 6 rings (SSSR count). The third-order valence-corrected chi connectivity index (χ3v) is 7.14. The first-order valence-corrected chi connectivity index (χ1v) is 14.0. The molecular weight excluding hydrogens is 536 g/mol. The minimum Gasteiger partial charge on any atom is -0.274 e. The van der Waals surface area contributed by atoms with Crippen molar-refractivity contribution in [1.29, 1.82) is 0 Å². The second kappa shape index (κ2) is 12.4. The van der Waals surface area contributed by atoms with Crippen LogP contribution in [0.5, 0.6) is 0 Å². The third kappa shape index (κ3) is 6.16. The number of imide groups is 1. The van der Waals surface area contributed by atoms with E-state index in [0.29, 0.717) is 34.7 Å². The average molecular weight is 565 g/mol. The molecule has 6 aromatic rings. The van der Waals surface area contributed by atoms with E-state index in [9.17, 15) is 14.4 Å². The van der Waals surface area contributed by atoms with Crippen LogP contribution in [-0.2, 0) is 28.9 Å². The fraction of sp³-hybridized carbons (Fsp3) is 0.0833. The number of hydrogen-bond donors (Lipinski definition) is 0. The van der Waals surface area contributed by atoms with Gasteiger partial charge in [0.1, 0.15) is 11.2 Å². The first-order valence-electron chi connectivity index (χ1n) is 14.0. The molecule has 43 heavy (non-hydrogen) atoms. The molecule has 0 spiro atoms. The van der Waals surface area contributed by atoms with Gasteiger partial charge in [-0.15, -0.1) is 0 Å². The van der Waals surface area contributed by atoms with Gasteiger partial charge in [-0.2, -0.15) is 0 Å². The summed E-state index contributed by atoms with van der Waals surface area (Å²) >= 11 is 0. The summed E-state index contributed by atoms with van der Waals surface area (Å²) in [4.78, 5) is 51.8. The summed E-state index contributed by atoms with van der Waals surface area (Å²) in [6.07, 6.45) is 2.06. The Morgan fingerprint density at radius 1 is 0.651 bits per heavy atom. The van der Waals surface area contributed by atoms with Crippen LogP contribution in [0.3, 0.4) is 0 Å². The van der Waals surface area contributed by atoms with E-state index in [-0.39, 0.29) is 30.2 Å². The Balaban J connectivity index is 1.44. The van der Waals surface area contributed by atoms with Crippen molar-refractivity contribution in [1.82, 2.24) is 14.5 Å². The van der Waals surface area contributed by atoms with E-state index in [0.717, 1.165) is 16.7 Å². The van der Waals surface area contributed by atoms with Crippen molar-refractivity contribution in [3.8, 4) is 5.69 Å². The molecule has 0 radical (unpaired) electrons. The van der Waals surface area contributed by atoms with Gasteiger partial charge in [0.25, 0.3) is 5.56 Å². The van der Waals surface area contributed by atoms with Crippen molar-refractivity contribution in [2.75, 3.05) is 4.90 Å². The van der Waals surface area contributed by atoms with Gasteiger partial charge >= 0.3 is 0 Å². The Labute approximate surface area is 248 Å². The van der Waals surface area contributed by atoms with Crippen LogP contribution < -0.4 is 10.5 Å². The van der Waals surface area contributed by atoms with Crippen molar-refractivity contribution in [2.45, 2.75) is 19.3 Å². The first-order chi connectivity index (χ1) is 21.1. The molecule has 0 aliphatic rings. The minimum absolute atomic E-state index is 0.0481. The highest BCUT2D eigenvalue weighted by Crippen LogP contribution is 2.23. The lowest BCUT2D eigenvalue weighted by atomic mass is 10.1. The highest BCUT2D eigenvalue weighted by atomic mass is 16.2. The molecule has 0 N–H and O–H groups in total. The van der Waals surface area contributed by atoms with Crippen molar-refractivity contribution in [3.63, 3.8) is 0 Å². The van der Waals surface area contributed by atoms with Gasteiger partial charge in [0, 0.05) is 12.6 Å². The van der Waals surface area contributed by atoms with Crippen molar-refractivity contribution in [2.24, 2.45) is 0 Å². The molecule has 2 heterocycles. The molecule has 2 amide bonds. The molecule has 0 saturated heterocycles. The van der Waals surface area contributed by atoms with Crippen LogP contribution >= 0.6 is 0 Å². The van der Waals surface area contributed by atoms with Crippen molar-refractivity contribution in [3.05, 3.63) is 166 Å². The molecule has 7 nitrogen and oxygen atoms in total. The maximum Gasteiger partial charge on any atom is 0.278 e. The Bertz CT molecular complexity index is 1900. The van der Waals surface area contributed by atoms with Crippen LogP contribution in [0.2, 0.25) is 0 Å². The molecule has 4 aromatic carbocycles. The fourth-order valence-electron chi connectivity index (χ4n) is 5.11. The number of carbonyl (C=O) groups is 2. The summed E-state index contributed by atoms with van der Waals surface area (Å²) in [7, 11) is 0. The lowest BCUT2D eigenvalue weighted by Crippen LogP contribution is -2.39. The number of hydrogen-bond acceptors (Lipinski definition) is 5. The van der Waals surface area contributed by atoms with Crippen LogP contribution in [-0.4, -0.2) is 26.3 Å². The predicted molar refractivity (Wildman–Crippen MR) is 167 cm³/mol. The maximum atomic E-state index is 13.9. The number of fused-ring (bicyclic) bond motifs is 1. The molecule has 0 bridgehead atoms. The van der Waals surface area contributed by atoms with Crippen LogP contribution in [0, 0.1) is 0 Å². The van der Waals surface area contributed by atoms with Crippen LogP contribution in [0.15, 0.2) is 138 Å². The molecule has 0 fully saturated rings. The zero-order chi connectivity index (χ0) is 29.6. The van der Waals surface area contributed by atoms with Crippen molar-refractivity contribution < 1.29 is 9.59 Å². The molecule has 0 atom stereocenters. The summed E-state index contributed by atoms with van der Waals surface area (Å²) in [6, 6.07) is 38.8. The Morgan fingerprint density at radius 2 is 1.23 bits per heavy atom. The number of rotatable bonds is 8. The molecular formula is C36H28N4O3. The SMILES string of the molecule is O=C(Cc1ccccc1)N(C(=O)Cc1ccccc1)c1cccc(-n2c(=O)c(Cc3ccccc3)nc3cccnc32)c1. The van der Waals surface area contributed by atoms with Gasteiger partial charge in [0.2, 0.25) is 11.8 Å². The maximum absolute atomic E-state index is 13.9. The second-order valence-corrected chi connectivity index (χ2v) is 10.2. The van der Waals surface area contributed by atoms with Crippen molar-refractivity contribution >= 4 is 28.7 Å². The number of carbonyl (C=O) groups excluding carboxylic acids is 2. The summed E-state index contributed by atoms with van der Waals surface area (Å²) in [5, 5.41) is 0. The number of benzene rings is 4. The fourth-order valence-corrected chi connectivity index (χ4v) is 5.11. The molecule has 0 unspecified atom stereocenters.